The molecule has 1 amide bonds. The van der Waals surface area contributed by atoms with E-state index in [1.54, 1.807) is 7.11 Å². The van der Waals surface area contributed by atoms with Crippen LogP contribution in [-0.4, -0.2) is 57.5 Å². The Bertz CT molecular complexity index is 322. The number of nitrogens with one attached hydrogen (secondary N) is 1. The van der Waals surface area contributed by atoms with Crippen LogP contribution in [-0.2, 0) is 23.9 Å². The van der Waals surface area contributed by atoms with Gasteiger partial charge >= 0.3 is 0 Å². The first-order valence-corrected chi connectivity index (χ1v) is 7.17. The van der Waals surface area contributed by atoms with Crippen LogP contribution in [0.1, 0.15) is 47.0 Å². The van der Waals surface area contributed by atoms with Crippen molar-refractivity contribution in [3.8, 4) is 0 Å². The van der Waals surface area contributed by atoms with Crippen LogP contribution in [0.15, 0.2) is 0 Å². The minimum Gasteiger partial charge on any atom is -0.382 e. The van der Waals surface area contributed by atoms with Crippen molar-refractivity contribution in [2.75, 3.05) is 40.0 Å². The van der Waals surface area contributed by atoms with Crippen molar-refractivity contribution in [2.45, 2.75) is 47.0 Å². The van der Waals surface area contributed by atoms with Gasteiger partial charge in [-0.25, -0.2) is 0 Å². The van der Waals surface area contributed by atoms with Crippen molar-refractivity contribution in [1.82, 2.24) is 5.32 Å². The van der Waals surface area contributed by atoms with Gasteiger partial charge in [0.2, 0.25) is 5.91 Å². The van der Waals surface area contributed by atoms with E-state index in [0.29, 0.717) is 26.2 Å². The maximum absolute atomic E-state index is 11.5. The maximum atomic E-state index is 11.5. The molecule has 0 aliphatic rings. The highest BCUT2D eigenvalue weighted by Gasteiger charge is 2.07. The molecule has 0 rings (SSSR count). The molecule has 0 radical (unpaired) electrons. The van der Waals surface area contributed by atoms with Crippen LogP contribution >= 0.6 is 0 Å². The Labute approximate surface area is 140 Å². The SMILES string of the molecule is C.C.COCCOCCCCC(=O)CNC(=O)CCC(=O)CN. The number of ether oxygens (including phenoxy) is 2. The molecule has 0 spiro atoms. The van der Waals surface area contributed by atoms with Crippen LogP contribution in [0.2, 0.25) is 0 Å². The lowest BCUT2D eigenvalue weighted by Crippen LogP contribution is -2.30. The van der Waals surface area contributed by atoms with Gasteiger partial charge in [-0.15, -0.1) is 0 Å². The lowest BCUT2D eigenvalue weighted by Gasteiger charge is -2.05. The van der Waals surface area contributed by atoms with Gasteiger partial charge in [0.25, 0.3) is 0 Å². The molecule has 7 heteroatoms. The monoisotopic (exact) mass is 334 g/mol. The molecular formula is C16H34N2O5. The van der Waals surface area contributed by atoms with Crippen molar-refractivity contribution in [3.05, 3.63) is 0 Å². The number of ketones is 2. The van der Waals surface area contributed by atoms with Crippen LogP contribution in [0.4, 0.5) is 0 Å². The second-order valence-corrected chi connectivity index (χ2v) is 4.62. The number of hydrogen-bond donors (Lipinski definition) is 2. The van der Waals surface area contributed by atoms with Gasteiger partial charge in [0.05, 0.1) is 26.3 Å². The van der Waals surface area contributed by atoms with Crippen molar-refractivity contribution in [3.63, 3.8) is 0 Å². The average Bonchev–Trinajstić information content (AvgIpc) is 2.49. The summed E-state index contributed by atoms with van der Waals surface area (Å²) in [4.78, 5) is 33.8. The Morgan fingerprint density at radius 2 is 1.61 bits per heavy atom. The lowest BCUT2D eigenvalue weighted by atomic mass is 10.1. The summed E-state index contributed by atoms with van der Waals surface area (Å²) < 4.78 is 10.1. The van der Waals surface area contributed by atoms with Gasteiger partial charge in [0.15, 0.2) is 5.78 Å². The third-order valence-electron chi connectivity index (χ3n) is 2.77. The number of methoxy groups -OCH3 is 1. The molecule has 7 nitrogen and oxygen atoms in total. The molecule has 0 heterocycles. The van der Waals surface area contributed by atoms with E-state index in [4.69, 9.17) is 15.2 Å². The molecule has 0 saturated heterocycles. The molecule has 0 saturated carbocycles. The number of amides is 1. The molecule has 0 fully saturated rings. The highest BCUT2D eigenvalue weighted by molar-refractivity contribution is 5.88. The predicted octanol–water partition coefficient (Wildman–Crippen LogP) is 1.09. The van der Waals surface area contributed by atoms with Gasteiger partial charge in [-0.05, 0) is 12.8 Å². The summed E-state index contributed by atoms with van der Waals surface area (Å²) in [5, 5.41) is 2.50. The Morgan fingerprint density at radius 3 is 2.22 bits per heavy atom. The number of nitrogens with two attached hydrogens (primary N) is 1. The fourth-order valence-corrected chi connectivity index (χ4v) is 1.50. The quantitative estimate of drug-likeness (QED) is 0.460. The normalized spacial score (nSPS) is 9.48. The molecule has 3 N–H and O–H groups in total. The first kappa shape index (κ1) is 26.6. The molecule has 0 unspecified atom stereocenters. The van der Waals surface area contributed by atoms with E-state index in [1.807, 2.05) is 0 Å². The third kappa shape index (κ3) is 18.6. The van der Waals surface area contributed by atoms with Crippen LogP contribution in [0, 0.1) is 0 Å². The first-order valence-electron chi connectivity index (χ1n) is 7.17. The number of carbonyl (C=O) groups is 3. The predicted molar refractivity (Wildman–Crippen MR) is 91.3 cm³/mol. The van der Waals surface area contributed by atoms with Gasteiger partial charge in [0, 0.05) is 33.0 Å². The summed E-state index contributed by atoms with van der Waals surface area (Å²) in [6.45, 7) is 1.68. The minimum absolute atomic E-state index is 0. The minimum atomic E-state index is -0.298. The number of carbonyl (C=O) groups excluding carboxylic acids is 3. The fourth-order valence-electron chi connectivity index (χ4n) is 1.50. The molecule has 0 aliphatic carbocycles. The van der Waals surface area contributed by atoms with Crippen molar-refractivity contribution < 1.29 is 23.9 Å². The highest BCUT2D eigenvalue weighted by atomic mass is 16.5. The molecule has 0 aromatic carbocycles. The second-order valence-electron chi connectivity index (χ2n) is 4.62. The van der Waals surface area contributed by atoms with Crippen LogP contribution in [0.5, 0.6) is 0 Å². The number of Topliss-reactive ketones (excluding diaryl/α,β-unsaturated/α-hetero) is 2. The summed E-state index contributed by atoms with van der Waals surface area (Å²) in [6, 6.07) is 0. The molecule has 0 atom stereocenters. The van der Waals surface area contributed by atoms with Crippen molar-refractivity contribution >= 4 is 17.5 Å². The molecular weight excluding hydrogens is 300 g/mol. The van der Waals surface area contributed by atoms with Crippen LogP contribution in [0.3, 0.4) is 0 Å². The molecule has 0 aliphatic heterocycles. The van der Waals surface area contributed by atoms with Crippen molar-refractivity contribution in [1.29, 1.82) is 0 Å². The molecule has 0 bridgehead atoms. The number of hydrogen-bond acceptors (Lipinski definition) is 6. The Kier molecular flexibility index (Phi) is 21.7. The van der Waals surface area contributed by atoms with E-state index in [2.05, 4.69) is 5.32 Å². The van der Waals surface area contributed by atoms with Crippen LogP contribution in [0.25, 0.3) is 0 Å². The molecule has 23 heavy (non-hydrogen) atoms. The zero-order valence-corrected chi connectivity index (χ0v) is 12.7. The van der Waals surface area contributed by atoms with E-state index >= 15 is 0 Å². The summed E-state index contributed by atoms with van der Waals surface area (Å²) >= 11 is 0. The Hall–Kier alpha value is -1.31. The van der Waals surface area contributed by atoms with Gasteiger partial charge in [-0.2, -0.15) is 0 Å². The molecule has 138 valence electrons. The van der Waals surface area contributed by atoms with E-state index < -0.39 is 0 Å². The maximum Gasteiger partial charge on any atom is 0.220 e. The van der Waals surface area contributed by atoms with Gasteiger partial charge in [-0.3, -0.25) is 14.4 Å². The lowest BCUT2D eigenvalue weighted by molar-refractivity contribution is -0.126. The van der Waals surface area contributed by atoms with Crippen LogP contribution < -0.4 is 11.1 Å². The van der Waals surface area contributed by atoms with Crippen molar-refractivity contribution in [2.24, 2.45) is 5.73 Å². The topological polar surface area (TPSA) is 108 Å². The van der Waals surface area contributed by atoms with E-state index in [9.17, 15) is 14.4 Å². The zero-order chi connectivity index (χ0) is 15.9. The smallest absolute Gasteiger partial charge is 0.220 e. The van der Waals surface area contributed by atoms with Gasteiger partial charge in [-0.1, -0.05) is 14.9 Å². The van der Waals surface area contributed by atoms with Gasteiger partial charge in [0.1, 0.15) is 5.78 Å². The second kappa shape index (κ2) is 18.7. The summed E-state index contributed by atoms with van der Waals surface area (Å²) in [6.07, 6.45) is 2.14. The standard InChI is InChI=1S/C14H26N2O5.2CH4/c1-20-8-9-21-7-3-2-4-13(18)11-16-14(19)6-5-12(17)10-15;;/h2-11,15H2,1H3,(H,16,19);2*1H4. The number of rotatable bonds is 14. The zero-order valence-electron chi connectivity index (χ0n) is 12.7. The highest BCUT2D eigenvalue weighted by Crippen LogP contribution is 1.97. The average molecular weight is 334 g/mol. The first-order chi connectivity index (χ1) is 10.1. The molecule has 0 aromatic rings. The summed E-state index contributed by atoms with van der Waals surface area (Å²) in [7, 11) is 1.61. The van der Waals surface area contributed by atoms with Gasteiger partial charge < -0.3 is 20.5 Å². The number of unbranched alkanes of at least 4 members (excludes halogenated alkanes) is 1. The summed E-state index contributed by atoms with van der Waals surface area (Å²) in [5.74, 6) is -0.483. The molecule has 0 aromatic heterocycles. The van der Waals surface area contributed by atoms with E-state index in [-0.39, 0.29) is 58.3 Å². The van der Waals surface area contributed by atoms with E-state index in [0.717, 1.165) is 12.8 Å². The Morgan fingerprint density at radius 1 is 0.913 bits per heavy atom. The van der Waals surface area contributed by atoms with E-state index in [1.165, 1.54) is 0 Å². The third-order valence-corrected chi connectivity index (χ3v) is 2.77. The summed E-state index contributed by atoms with van der Waals surface area (Å²) in [5.41, 5.74) is 5.13. The largest absolute Gasteiger partial charge is 0.382 e. The Balaban J connectivity index is -0.00000200. The fraction of sp³-hybridized carbons (Fsp3) is 0.812.